The molecule has 2 N–H and O–H groups in total. The molecule has 0 aliphatic carbocycles. The molecule has 6 heteroatoms. The Bertz CT molecular complexity index is 739. The summed E-state index contributed by atoms with van der Waals surface area (Å²) < 4.78 is 1.79. The fraction of sp³-hybridized carbons (Fsp3) is 0.500. The number of benzene rings is 1. The second kappa shape index (κ2) is 8.23. The SMILES string of the molecule is CCc1ccc(C(C)(C)NC(=O)[C@H]2CNC[C@@H]2c2cnn(C)c2)cc1.Cl. The molecule has 1 aromatic carbocycles. The van der Waals surface area contributed by atoms with Gasteiger partial charge in [0, 0.05) is 32.3 Å². The Hall–Kier alpha value is -1.85. The number of hydrogen-bond donors (Lipinski definition) is 2. The van der Waals surface area contributed by atoms with Crippen LogP contribution in [0.15, 0.2) is 36.7 Å². The van der Waals surface area contributed by atoms with Crippen molar-refractivity contribution in [2.24, 2.45) is 13.0 Å². The minimum atomic E-state index is -0.397. The number of hydrogen-bond acceptors (Lipinski definition) is 3. The van der Waals surface area contributed by atoms with Crippen molar-refractivity contribution in [3.63, 3.8) is 0 Å². The molecule has 2 atom stereocenters. The fourth-order valence-electron chi connectivity index (χ4n) is 3.57. The molecule has 142 valence electrons. The molecular formula is C20H29ClN4O. The minimum Gasteiger partial charge on any atom is -0.347 e. The van der Waals surface area contributed by atoms with Crippen LogP contribution in [0, 0.1) is 5.92 Å². The van der Waals surface area contributed by atoms with Crippen LogP contribution in [0.1, 0.15) is 43.4 Å². The number of carbonyl (C=O) groups excluding carboxylic acids is 1. The first-order valence-corrected chi connectivity index (χ1v) is 9.01. The molecule has 1 amide bonds. The van der Waals surface area contributed by atoms with Crippen molar-refractivity contribution in [3.05, 3.63) is 53.3 Å². The number of aromatic nitrogens is 2. The van der Waals surface area contributed by atoms with Crippen molar-refractivity contribution in [1.29, 1.82) is 0 Å². The van der Waals surface area contributed by atoms with E-state index in [1.54, 1.807) is 4.68 Å². The summed E-state index contributed by atoms with van der Waals surface area (Å²) >= 11 is 0. The number of halogens is 1. The normalized spacial score (nSPS) is 19.8. The Morgan fingerprint density at radius 1 is 1.31 bits per heavy atom. The van der Waals surface area contributed by atoms with E-state index in [0.29, 0.717) is 6.54 Å². The second-order valence-corrected chi connectivity index (χ2v) is 7.48. The highest BCUT2D eigenvalue weighted by molar-refractivity contribution is 5.85. The van der Waals surface area contributed by atoms with Crippen LogP contribution in [0.2, 0.25) is 0 Å². The Morgan fingerprint density at radius 2 is 2.00 bits per heavy atom. The van der Waals surface area contributed by atoms with Crippen LogP contribution in [0.3, 0.4) is 0 Å². The molecule has 0 bridgehead atoms. The Kier molecular flexibility index (Phi) is 6.48. The highest BCUT2D eigenvalue weighted by Crippen LogP contribution is 2.29. The average Bonchev–Trinajstić information content (AvgIpc) is 3.23. The molecule has 2 heterocycles. The van der Waals surface area contributed by atoms with Crippen molar-refractivity contribution in [1.82, 2.24) is 20.4 Å². The lowest BCUT2D eigenvalue weighted by Crippen LogP contribution is -2.45. The van der Waals surface area contributed by atoms with Crippen molar-refractivity contribution in [2.45, 2.75) is 38.6 Å². The molecule has 26 heavy (non-hydrogen) atoms. The zero-order chi connectivity index (χ0) is 18.0. The van der Waals surface area contributed by atoms with E-state index in [-0.39, 0.29) is 30.2 Å². The summed E-state index contributed by atoms with van der Waals surface area (Å²) in [4.78, 5) is 13.0. The van der Waals surface area contributed by atoms with Gasteiger partial charge in [-0.1, -0.05) is 31.2 Å². The van der Waals surface area contributed by atoms with Crippen molar-refractivity contribution < 1.29 is 4.79 Å². The first-order chi connectivity index (χ1) is 11.9. The molecule has 0 radical (unpaired) electrons. The molecule has 0 saturated carbocycles. The summed E-state index contributed by atoms with van der Waals surface area (Å²) in [5, 5.41) is 10.9. The standard InChI is InChI=1S/C20H28N4O.ClH/c1-5-14-6-8-16(9-7-14)20(2,3)23-19(25)18-12-21-11-17(18)15-10-22-24(4)13-15;/h6-10,13,17-18,21H,5,11-12H2,1-4H3,(H,23,25);1H/t17-,18+;/m1./s1. The van der Waals surface area contributed by atoms with Crippen LogP contribution in [0.4, 0.5) is 0 Å². The third kappa shape index (κ3) is 4.27. The van der Waals surface area contributed by atoms with Gasteiger partial charge in [0.15, 0.2) is 0 Å². The predicted octanol–water partition coefficient (Wildman–Crippen LogP) is 2.76. The van der Waals surface area contributed by atoms with Gasteiger partial charge in [-0.25, -0.2) is 0 Å². The highest BCUT2D eigenvalue weighted by Gasteiger charge is 2.37. The Morgan fingerprint density at radius 3 is 2.58 bits per heavy atom. The summed E-state index contributed by atoms with van der Waals surface area (Å²) in [5.74, 6) is 0.203. The monoisotopic (exact) mass is 376 g/mol. The van der Waals surface area contributed by atoms with E-state index in [4.69, 9.17) is 0 Å². The molecule has 5 nitrogen and oxygen atoms in total. The van der Waals surface area contributed by atoms with Crippen molar-refractivity contribution in [2.75, 3.05) is 13.1 Å². The number of nitrogens with zero attached hydrogens (tertiary/aromatic N) is 2. The van der Waals surface area contributed by atoms with Crippen molar-refractivity contribution in [3.8, 4) is 0 Å². The van der Waals surface area contributed by atoms with E-state index in [1.165, 1.54) is 5.56 Å². The van der Waals surface area contributed by atoms with E-state index in [2.05, 4.69) is 60.8 Å². The summed E-state index contributed by atoms with van der Waals surface area (Å²) in [7, 11) is 1.91. The smallest absolute Gasteiger partial charge is 0.225 e. The van der Waals surface area contributed by atoms with Gasteiger partial charge in [-0.15, -0.1) is 12.4 Å². The van der Waals surface area contributed by atoms with Gasteiger partial charge in [0.05, 0.1) is 17.7 Å². The molecule has 0 spiro atoms. The maximum atomic E-state index is 13.0. The van der Waals surface area contributed by atoms with Crippen LogP contribution < -0.4 is 10.6 Å². The molecule has 2 aromatic rings. The molecule has 1 aliphatic rings. The largest absolute Gasteiger partial charge is 0.347 e. The van der Waals surface area contributed by atoms with Gasteiger partial charge in [0.1, 0.15) is 0 Å². The van der Waals surface area contributed by atoms with E-state index in [1.807, 2.05) is 19.4 Å². The topological polar surface area (TPSA) is 59.0 Å². The molecule has 1 aliphatic heterocycles. The van der Waals surface area contributed by atoms with Crippen molar-refractivity contribution >= 4 is 18.3 Å². The Balaban J connectivity index is 0.00000243. The van der Waals surface area contributed by atoms with Crippen LogP contribution in [-0.2, 0) is 23.8 Å². The van der Waals surface area contributed by atoms with E-state index in [0.717, 1.165) is 24.1 Å². The van der Waals surface area contributed by atoms with Crippen LogP contribution in [0.25, 0.3) is 0 Å². The zero-order valence-corrected chi connectivity index (χ0v) is 16.8. The highest BCUT2D eigenvalue weighted by atomic mass is 35.5. The third-order valence-electron chi connectivity index (χ3n) is 5.22. The van der Waals surface area contributed by atoms with Gasteiger partial charge < -0.3 is 10.6 Å². The fourth-order valence-corrected chi connectivity index (χ4v) is 3.57. The minimum absolute atomic E-state index is 0. The third-order valence-corrected chi connectivity index (χ3v) is 5.22. The van der Waals surface area contributed by atoms with Crippen LogP contribution in [-0.4, -0.2) is 28.8 Å². The molecule has 1 fully saturated rings. The maximum absolute atomic E-state index is 13.0. The lowest BCUT2D eigenvalue weighted by molar-refractivity contribution is -0.126. The van der Waals surface area contributed by atoms with E-state index >= 15 is 0 Å². The lowest BCUT2D eigenvalue weighted by atomic mass is 9.87. The van der Waals surface area contributed by atoms with Gasteiger partial charge >= 0.3 is 0 Å². The molecule has 3 rings (SSSR count). The Labute approximate surface area is 162 Å². The van der Waals surface area contributed by atoms with Gasteiger partial charge in [0.2, 0.25) is 5.91 Å². The summed E-state index contributed by atoms with van der Waals surface area (Å²) in [6, 6.07) is 8.51. The summed E-state index contributed by atoms with van der Waals surface area (Å²) in [6.45, 7) is 7.79. The first-order valence-electron chi connectivity index (χ1n) is 9.01. The summed E-state index contributed by atoms with van der Waals surface area (Å²) in [5.41, 5.74) is 3.16. The number of aryl methyl sites for hydroxylation is 2. The lowest BCUT2D eigenvalue weighted by Gasteiger charge is -2.30. The molecule has 1 aromatic heterocycles. The van der Waals surface area contributed by atoms with E-state index in [9.17, 15) is 4.79 Å². The molecule has 0 unspecified atom stereocenters. The maximum Gasteiger partial charge on any atom is 0.225 e. The number of rotatable bonds is 5. The van der Waals surface area contributed by atoms with E-state index < -0.39 is 5.54 Å². The number of nitrogens with one attached hydrogen (secondary N) is 2. The number of amides is 1. The predicted molar refractivity (Wildman–Crippen MR) is 107 cm³/mol. The van der Waals surface area contributed by atoms with Gasteiger partial charge in [0.25, 0.3) is 0 Å². The quantitative estimate of drug-likeness (QED) is 0.843. The first kappa shape index (κ1) is 20.5. The summed E-state index contributed by atoms with van der Waals surface area (Å²) in [6.07, 6.45) is 4.90. The van der Waals surface area contributed by atoms with Gasteiger partial charge in [-0.3, -0.25) is 9.48 Å². The van der Waals surface area contributed by atoms with Gasteiger partial charge in [-0.2, -0.15) is 5.10 Å². The molecular weight excluding hydrogens is 348 g/mol. The van der Waals surface area contributed by atoms with Crippen LogP contribution in [0.5, 0.6) is 0 Å². The van der Waals surface area contributed by atoms with Gasteiger partial charge in [-0.05, 0) is 37.0 Å². The number of carbonyl (C=O) groups is 1. The average molecular weight is 377 g/mol. The zero-order valence-electron chi connectivity index (χ0n) is 16.0. The second-order valence-electron chi connectivity index (χ2n) is 7.48. The van der Waals surface area contributed by atoms with Crippen LogP contribution >= 0.6 is 12.4 Å². The molecule has 1 saturated heterocycles.